The molecular formula is C10H11ClN2. The lowest BCUT2D eigenvalue weighted by Gasteiger charge is -2.10. The second kappa shape index (κ2) is 4.29. The smallest absolute Gasteiger partial charge is 0.106 e. The van der Waals surface area contributed by atoms with Gasteiger partial charge in [0.25, 0.3) is 0 Å². The molecule has 0 bridgehead atoms. The standard InChI is InChI=1S/C10H11ClN2/c1-3-10(13-12)8-4-5-9(11)7(2)6-8/h1,4-6,10,13H,12H2,2H3. The van der Waals surface area contributed by atoms with Crippen molar-refractivity contribution >= 4 is 11.6 Å². The van der Waals surface area contributed by atoms with Gasteiger partial charge in [0.2, 0.25) is 0 Å². The third kappa shape index (κ3) is 2.22. The van der Waals surface area contributed by atoms with Crippen LogP contribution >= 0.6 is 11.6 Å². The van der Waals surface area contributed by atoms with Crippen molar-refractivity contribution in [3.8, 4) is 12.3 Å². The van der Waals surface area contributed by atoms with Crippen LogP contribution in [0.1, 0.15) is 17.2 Å². The first kappa shape index (κ1) is 10.1. The molecule has 0 aliphatic heterocycles. The monoisotopic (exact) mass is 194 g/mol. The first-order valence-electron chi connectivity index (χ1n) is 3.87. The van der Waals surface area contributed by atoms with Crippen LogP contribution in [-0.2, 0) is 0 Å². The molecule has 1 aromatic carbocycles. The minimum atomic E-state index is -0.254. The number of hydrogen-bond acceptors (Lipinski definition) is 2. The van der Waals surface area contributed by atoms with E-state index >= 15 is 0 Å². The molecule has 2 nitrogen and oxygen atoms in total. The molecule has 0 heterocycles. The number of aryl methyl sites for hydroxylation is 1. The fourth-order valence-electron chi connectivity index (χ4n) is 1.09. The van der Waals surface area contributed by atoms with Gasteiger partial charge in [-0.3, -0.25) is 5.84 Å². The maximum atomic E-state index is 5.87. The van der Waals surface area contributed by atoms with Crippen LogP contribution in [0.5, 0.6) is 0 Å². The lowest BCUT2D eigenvalue weighted by Crippen LogP contribution is -2.26. The molecule has 0 amide bonds. The Morgan fingerprint density at radius 2 is 2.31 bits per heavy atom. The quantitative estimate of drug-likeness (QED) is 0.428. The van der Waals surface area contributed by atoms with E-state index in [0.29, 0.717) is 0 Å². The molecule has 0 saturated carbocycles. The van der Waals surface area contributed by atoms with Gasteiger partial charge in [0.05, 0.1) is 0 Å². The zero-order valence-electron chi connectivity index (χ0n) is 7.34. The highest BCUT2D eigenvalue weighted by Gasteiger charge is 2.06. The van der Waals surface area contributed by atoms with Crippen molar-refractivity contribution in [2.75, 3.05) is 0 Å². The lowest BCUT2D eigenvalue weighted by molar-refractivity contribution is 0.673. The zero-order valence-corrected chi connectivity index (χ0v) is 8.10. The Morgan fingerprint density at radius 3 is 2.77 bits per heavy atom. The molecule has 1 aromatic rings. The third-order valence-electron chi connectivity index (χ3n) is 1.85. The molecule has 1 rings (SSSR count). The molecule has 3 N–H and O–H groups in total. The molecule has 1 atom stereocenters. The number of hydrogen-bond donors (Lipinski definition) is 2. The number of benzene rings is 1. The second-order valence-electron chi connectivity index (χ2n) is 2.77. The molecule has 0 spiro atoms. The van der Waals surface area contributed by atoms with E-state index in [0.717, 1.165) is 16.1 Å². The maximum absolute atomic E-state index is 5.87. The molecule has 0 fully saturated rings. The molecule has 0 aliphatic rings. The lowest BCUT2D eigenvalue weighted by atomic mass is 10.1. The summed E-state index contributed by atoms with van der Waals surface area (Å²) in [5.74, 6) is 7.81. The van der Waals surface area contributed by atoms with Crippen LogP contribution in [0.3, 0.4) is 0 Å². The highest BCUT2D eigenvalue weighted by molar-refractivity contribution is 6.31. The van der Waals surface area contributed by atoms with Gasteiger partial charge in [-0.15, -0.1) is 6.42 Å². The predicted octanol–water partition coefficient (Wildman–Crippen LogP) is 1.79. The molecule has 1 unspecified atom stereocenters. The number of nitrogens with two attached hydrogens (primary N) is 1. The van der Waals surface area contributed by atoms with E-state index in [1.807, 2.05) is 25.1 Å². The summed E-state index contributed by atoms with van der Waals surface area (Å²) < 4.78 is 0. The van der Waals surface area contributed by atoms with Crippen LogP contribution in [-0.4, -0.2) is 0 Å². The van der Waals surface area contributed by atoms with Crippen molar-refractivity contribution in [3.63, 3.8) is 0 Å². The van der Waals surface area contributed by atoms with Gasteiger partial charge in [-0.1, -0.05) is 29.7 Å². The normalized spacial score (nSPS) is 12.2. The Labute approximate surface area is 83.1 Å². The summed E-state index contributed by atoms with van der Waals surface area (Å²) in [6.07, 6.45) is 5.28. The van der Waals surface area contributed by atoms with Crippen LogP contribution in [0.15, 0.2) is 18.2 Å². The Hall–Kier alpha value is -1.01. The maximum Gasteiger partial charge on any atom is 0.106 e. The van der Waals surface area contributed by atoms with E-state index in [9.17, 15) is 0 Å². The summed E-state index contributed by atoms with van der Waals surface area (Å²) in [6, 6.07) is 5.34. The molecular weight excluding hydrogens is 184 g/mol. The largest absolute Gasteiger partial charge is 0.270 e. The van der Waals surface area contributed by atoms with Crippen molar-refractivity contribution in [3.05, 3.63) is 34.3 Å². The Balaban J connectivity index is 3.04. The summed E-state index contributed by atoms with van der Waals surface area (Å²) in [4.78, 5) is 0. The number of hydrazine groups is 1. The summed E-state index contributed by atoms with van der Waals surface area (Å²) >= 11 is 5.87. The first-order chi connectivity index (χ1) is 6.19. The average Bonchev–Trinajstić information content (AvgIpc) is 2.13. The first-order valence-corrected chi connectivity index (χ1v) is 4.25. The van der Waals surface area contributed by atoms with Crippen molar-refractivity contribution in [2.24, 2.45) is 5.84 Å². The van der Waals surface area contributed by atoms with Gasteiger partial charge < -0.3 is 0 Å². The molecule has 0 aliphatic carbocycles. The van der Waals surface area contributed by atoms with Gasteiger partial charge in [-0.25, -0.2) is 5.43 Å². The van der Waals surface area contributed by atoms with E-state index < -0.39 is 0 Å². The van der Waals surface area contributed by atoms with Crippen molar-refractivity contribution < 1.29 is 0 Å². The number of terminal acetylenes is 1. The minimum Gasteiger partial charge on any atom is -0.270 e. The van der Waals surface area contributed by atoms with Gasteiger partial charge in [0, 0.05) is 5.02 Å². The van der Waals surface area contributed by atoms with Gasteiger partial charge in [-0.2, -0.15) is 0 Å². The van der Waals surface area contributed by atoms with Gasteiger partial charge in [0.15, 0.2) is 0 Å². The van der Waals surface area contributed by atoms with E-state index in [4.69, 9.17) is 23.9 Å². The average molecular weight is 195 g/mol. The van der Waals surface area contributed by atoms with E-state index in [2.05, 4.69) is 11.3 Å². The van der Waals surface area contributed by atoms with Crippen LogP contribution in [0, 0.1) is 19.3 Å². The summed E-state index contributed by atoms with van der Waals surface area (Å²) in [5, 5.41) is 0.733. The van der Waals surface area contributed by atoms with E-state index in [1.54, 1.807) is 0 Å². The second-order valence-corrected chi connectivity index (χ2v) is 3.18. The summed E-state index contributed by atoms with van der Waals surface area (Å²) in [5.41, 5.74) is 4.48. The fraction of sp³-hybridized carbons (Fsp3) is 0.200. The van der Waals surface area contributed by atoms with Gasteiger partial charge in [0.1, 0.15) is 6.04 Å². The number of nitrogens with one attached hydrogen (secondary N) is 1. The van der Waals surface area contributed by atoms with Gasteiger partial charge >= 0.3 is 0 Å². The van der Waals surface area contributed by atoms with Crippen molar-refractivity contribution in [1.82, 2.24) is 5.43 Å². The molecule has 0 aromatic heterocycles. The number of halogens is 1. The summed E-state index contributed by atoms with van der Waals surface area (Å²) in [6.45, 7) is 1.93. The zero-order chi connectivity index (χ0) is 9.84. The Morgan fingerprint density at radius 1 is 1.62 bits per heavy atom. The highest BCUT2D eigenvalue weighted by atomic mass is 35.5. The SMILES string of the molecule is C#CC(NN)c1ccc(Cl)c(C)c1. The van der Waals surface area contributed by atoms with E-state index in [1.165, 1.54) is 0 Å². The van der Waals surface area contributed by atoms with Gasteiger partial charge in [-0.05, 0) is 24.1 Å². The molecule has 68 valence electrons. The fourth-order valence-corrected chi connectivity index (χ4v) is 1.21. The third-order valence-corrected chi connectivity index (χ3v) is 2.27. The van der Waals surface area contributed by atoms with Crippen molar-refractivity contribution in [2.45, 2.75) is 13.0 Å². The van der Waals surface area contributed by atoms with Crippen LogP contribution in [0.25, 0.3) is 0 Å². The highest BCUT2D eigenvalue weighted by Crippen LogP contribution is 2.19. The van der Waals surface area contributed by atoms with Crippen LogP contribution in [0.2, 0.25) is 5.02 Å². The topological polar surface area (TPSA) is 38.0 Å². The Kier molecular flexibility index (Phi) is 3.32. The molecule has 13 heavy (non-hydrogen) atoms. The minimum absolute atomic E-state index is 0.254. The number of rotatable bonds is 2. The van der Waals surface area contributed by atoms with Crippen molar-refractivity contribution in [1.29, 1.82) is 0 Å². The van der Waals surface area contributed by atoms with Crippen LogP contribution < -0.4 is 11.3 Å². The predicted molar refractivity (Wildman–Crippen MR) is 55.1 cm³/mol. The van der Waals surface area contributed by atoms with E-state index in [-0.39, 0.29) is 6.04 Å². The molecule has 0 saturated heterocycles. The Bertz CT molecular complexity index is 341. The molecule has 3 heteroatoms. The summed E-state index contributed by atoms with van der Waals surface area (Å²) in [7, 11) is 0. The molecule has 0 radical (unpaired) electrons. The van der Waals surface area contributed by atoms with Crippen LogP contribution in [0.4, 0.5) is 0 Å².